The first-order valence-corrected chi connectivity index (χ1v) is 10.9. The van der Waals surface area contributed by atoms with Gasteiger partial charge in [0.25, 0.3) is 0 Å². The van der Waals surface area contributed by atoms with Crippen molar-refractivity contribution in [2.75, 3.05) is 27.3 Å². The summed E-state index contributed by atoms with van der Waals surface area (Å²) in [7, 11) is 3.34. The zero-order valence-electron chi connectivity index (χ0n) is 18.6. The lowest BCUT2D eigenvalue weighted by Crippen LogP contribution is -2.19. The quantitative estimate of drug-likeness (QED) is 0.480. The third kappa shape index (κ3) is 4.71. The topological polar surface area (TPSA) is 54.7 Å². The van der Waals surface area contributed by atoms with Crippen LogP contribution < -0.4 is 14.2 Å². The molecule has 0 saturated carbocycles. The molecule has 1 saturated heterocycles. The molecule has 3 aromatic carbocycles. The van der Waals surface area contributed by atoms with E-state index < -0.39 is 0 Å². The fourth-order valence-electron chi connectivity index (χ4n) is 4.24. The smallest absolute Gasteiger partial charge is 0.130 e. The number of methoxy groups -OCH3 is 2. The Hall–Kier alpha value is -3.49. The second kappa shape index (κ2) is 10.2. The van der Waals surface area contributed by atoms with E-state index in [0.29, 0.717) is 11.3 Å². The van der Waals surface area contributed by atoms with Crippen molar-refractivity contribution in [3.05, 3.63) is 77.4 Å². The Morgan fingerprint density at radius 2 is 1.59 bits per heavy atom. The predicted molar refractivity (Wildman–Crippen MR) is 125 cm³/mol. The Morgan fingerprint density at radius 3 is 2.22 bits per heavy atom. The van der Waals surface area contributed by atoms with Crippen LogP contribution in [0.1, 0.15) is 29.5 Å². The van der Waals surface area contributed by atoms with Gasteiger partial charge in [-0.05, 0) is 37.1 Å². The van der Waals surface area contributed by atoms with Crippen LogP contribution in [-0.2, 0) is 13.2 Å². The molecule has 0 spiro atoms. The Kier molecular flexibility index (Phi) is 6.94. The van der Waals surface area contributed by atoms with E-state index in [-0.39, 0.29) is 6.61 Å². The Labute approximate surface area is 189 Å². The van der Waals surface area contributed by atoms with Crippen molar-refractivity contribution in [2.45, 2.75) is 26.0 Å². The molecule has 0 bridgehead atoms. The Bertz CT molecular complexity index is 1070. The highest BCUT2D eigenvalue weighted by Gasteiger charge is 2.19. The van der Waals surface area contributed by atoms with Gasteiger partial charge < -0.3 is 14.2 Å². The zero-order valence-corrected chi connectivity index (χ0v) is 18.6. The molecule has 1 fully saturated rings. The number of hydrogen-bond donors (Lipinski definition) is 0. The summed E-state index contributed by atoms with van der Waals surface area (Å²) in [5, 5.41) is 9.84. The molecule has 0 radical (unpaired) electrons. The van der Waals surface area contributed by atoms with Crippen LogP contribution in [0.2, 0.25) is 0 Å². The summed E-state index contributed by atoms with van der Waals surface area (Å²) in [5.41, 5.74) is 4.43. The van der Waals surface area contributed by atoms with Gasteiger partial charge in [0.15, 0.2) is 0 Å². The normalized spacial score (nSPS) is 13.5. The van der Waals surface area contributed by atoms with Gasteiger partial charge in [-0.1, -0.05) is 48.5 Å². The van der Waals surface area contributed by atoms with E-state index in [4.69, 9.17) is 14.2 Å². The molecule has 0 aromatic heterocycles. The van der Waals surface area contributed by atoms with Gasteiger partial charge in [-0.3, -0.25) is 4.90 Å². The minimum Gasteiger partial charge on any atom is -0.496 e. The summed E-state index contributed by atoms with van der Waals surface area (Å²) in [4.78, 5) is 2.41. The number of benzene rings is 3. The van der Waals surface area contributed by atoms with Gasteiger partial charge in [-0.2, -0.15) is 5.26 Å². The van der Waals surface area contributed by atoms with Gasteiger partial charge >= 0.3 is 0 Å². The summed E-state index contributed by atoms with van der Waals surface area (Å²) in [6.07, 6.45) is 2.46. The minimum atomic E-state index is 0.279. The molecule has 164 valence electrons. The van der Waals surface area contributed by atoms with E-state index in [1.807, 2.05) is 60.7 Å². The number of ether oxygens (including phenoxy) is 3. The van der Waals surface area contributed by atoms with Crippen molar-refractivity contribution in [3.63, 3.8) is 0 Å². The Balaban J connectivity index is 1.58. The van der Waals surface area contributed by atoms with Crippen LogP contribution >= 0.6 is 0 Å². The number of nitriles is 1. The molecule has 4 rings (SSSR count). The van der Waals surface area contributed by atoms with Gasteiger partial charge in [-0.15, -0.1) is 0 Å². The van der Waals surface area contributed by atoms with Gasteiger partial charge in [0.2, 0.25) is 0 Å². The van der Waals surface area contributed by atoms with Gasteiger partial charge in [0, 0.05) is 24.2 Å². The van der Waals surface area contributed by atoms with Crippen molar-refractivity contribution in [1.82, 2.24) is 4.90 Å². The van der Waals surface area contributed by atoms with Gasteiger partial charge in [-0.25, -0.2) is 0 Å². The molecule has 0 aliphatic carbocycles. The standard InChI is InChI=1S/C27H28N2O3/c1-30-26-15-22(16-27(31-2)25(26)18-29-13-6-7-14-29)32-19-21-11-8-12-23(24(21)17-28)20-9-4-3-5-10-20/h3-5,8-12,15-16H,6-7,13-14,18-19H2,1-2H3. The molecule has 1 heterocycles. The molecule has 5 heteroatoms. The fraction of sp³-hybridized carbons (Fsp3) is 0.296. The van der Waals surface area contributed by atoms with E-state index >= 15 is 0 Å². The van der Waals surface area contributed by atoms with Crippen LogP contribution in [0.15, 0.2) is 60.7 Å². The molecule has 0 atom stereocenters. The van der Waals surface area contributed by atoms with Crippen molar-refractivity contribution in [1.29, 1.82) is 5.26 Å². The molecule has 0 amide bonds. The van der Waals surface area contributed by atoms with Crippen LogP contribution in [-0.4, -0.2) is 32.2 Å². The summed E-state index contributed by atoms with van der Waals surface area (Å²) >= 11 is 0. The van der Waals surface area contributed by atoms with Crippen LogP contribution in [0.25, 0.3) is 11.1 Å². The first-order valence-electron chi connectivity index (χ1n) is 10.9. The lowest BCUT2D eigenvalue weighted by molar-refractivity contribution is 0.291. The van der Waals surface area contributed by atoms with Crippen molar-refractivity contribution in [3.8, 4) is 34.4 Å². The third-order valence-electron chi connectivity index (χ3n) is 5.90. The zero-order chi connectivity index (χ0) is 22.3. The first-order chi connectivity index (χ1) is 15.7. The SMILES string of the molecule is COc1cc(OCc2cccc(-c3ccccc3)c2C#N)cc(OC)c1CN1CCCC1. The van der Waals surface area contributed by atoms with E-state index in [0.717, 1.165) is 53.4 Å². The van der Waals surface area contributed by atoms with Crippen molar-refractivity contribution in [2.24, 2.45) is 0 Å². The molecule has 0 N–H and O–H groups in total. The highest BCUT2D eigenvalue weighted by molar-refractivity contribution is 5.72. The molecule has 3 aromatic rings. The molecule has 32 heavy (non-hydrogen) atoms. The summed E-state index contributed by atoms with van der Waals surface area (Å²) in [6, 6.07) is 22.0. The van der Waals surface area contributed by atoms with Crippen LogP contribution in [0.4, 0.5) is 0 Å². The largest absolute Gasteiger partial charge is 0.496 e. The van der Waals surface area contributed by atoms with E-state index in [1.54, 1.807) is 14.2 Å². The van der Waals surface area contributed by atoms with Crippen molar-refractivity contribution >= 4 is 0 Å². The maximum atomic E-state index is 9.84. The van der Waals surface area contributed by atoms with E-state index in [1.165, 1.54) is 12.8 Å². The fourth-order valence-corrected chi connectivity index (χ4v) is 4.24. The Morgan fingerprint density at radius 1 is 0.906 bits per heavy atom. The summed E-state index contributed by atoms with van der Waals surface area (Å²) in [5.74, 6) is 2.16. The molecule has 0 unspecified atom stereocenters. The van der Waals surface area contributed by atoms with Crippen LogP contribution in [0, 0.1) is 11.3 Å². The lowest BCUT2D eigenvalue weighted by atomic mass is 9.96. The van der Waals surface area contributed by atoms with E-state index in [2.05, 4.69) is 11.0 Å². The second-order valence-electron chi connectivity index (χ2n) is 7.90. The van der Waals surface area contributed by atoms with Crippen LogP contribution in [0.3, 0.4) is 0 Å². The van der Waals surface area contributed by atoms with E-state index in [9.17, 15) is 5.26 Å². The first kappa shape index (κ1) is 21.7. The van der Waals surface area contributed by atoms with Crippen LogP contribution in [0.5, 0.6) is 17.2 Å². The summed E-state index contributed by atoms with van der Waals surface area (Å²) in [6.45, 7) is 3.27. The average Bonchev–Trinajstić information content (AvgIpc) is 3.36. The maximum absolute atomic E-state index is 9.84. The molecule has 5 nitrogen and oxygen atoms in total. The number of rotatable bonds is 8. The second-order valence-corrected chi connectivity index (χ2v) is 7.90. The highest BCUT2D eigenvalue weighted by atomic mass is 16.5. The van der Waals surface area contributed by atoms with Gasteiger partial charge in [0.05, 0.1) is 25.3 Å². The third-order valence-corrected chi connectivity index (χ3v) is 5.90. The van der Waals surface area contributed by atoms with Crippen molar-refractivity contribution < 1.29 is 14.2 Å². The predicted octanol–water partition coefficient (Wildman–Crippen LogP) is 5.42. The maximum Gasteiger partial charge on any atom is 0.130 e. The minimum absolute atomic E-state index is 0.279. The number of nitrogens with zero attached hydrogens (tertiary/aromatic N) is 2. The molecular formula is C27H28N2O3. The number of likely N-dealkylation sites (tertiary alicyclic amines) is 1. The van der Waals surface area contributed by atoms with Gasteiger partial charge in [0.1, 0.15) is 29.9 Å². The highest BCUT2D eigenvalue weighted by Crippen LogP contribution is 2.36. The molecule has 1 aliphatic heterocycles. The lowest BCUT2D eigenvalue weighted by Gasteiger charge is -2.20. The number of hydrogen-bond acceptors (Lipinski definition) is 5. The summed E-state index contributed by atoms with van der Waals surface area (Å²) < 4.78 is 17.5. The molecule has 1 aliphatic rings. The molecular weight excluding hydrogens is 400 g/mol. The average molecular weight is 429 g/mol. The monoisotopic (exact) mass is 428 g/mol.